The number of amides is 1. The van der Waals surface area contributed by atoms with Crippen LogP contribution in [-0.4, -0.2) is 28.4 Å². The van der Waals surface area contributed by atoms with Crippen LogP contribution in [-0.2, 0) is 11.2 Å². The number of carbonyl (C=O) groups excluding carboxylic acids is 1. The lowest BCUT2D eigenvalue weighted by Gasteiger charge is -2.09. The van der Waals surface area contributed by atoms with E-state index in [1.54, 1.807) is 0 Å². The minimum Gasteiger partial charge on any atom is -0.482 e. The summed E-state index contributed by atoms with van der Waals surface area (Å²) >= 11 is 17.7. The fraction of sp³-hybridized carbons (Fsp3) is 0.176. The minimum atomic E-state index is -0.258. The van der Waals surface area contributed by atoms with Crippen LogP contribution >= 0.6 is 34.8 Å². The Labute approximate surface area is 159 Å². The number of halogens is 3. The van der Waals surface area contributed by atoms with Crippen LogP contribution < -0.4 is 10.1 Å². The van der Waals surface area contributed by atoms with Crippen LogP contribution in [0.25, 0.3) is 5.65 Å². The number of aromatic nitrogens is 2. The van der Waals surface area contributed by atoms with Gasteiger partial charge < -0.3 is 14.5 Å². The average molecular weight is 399 g/mol. The second-order valence-corrected chi connectivity index (χ2v) is 6.51. The van der Waals surface area contributed by atoms with Crippen molar-refractivity contribution in [3.63, 3.8) is 0 Å². The van der Waals surface area contributed by atoms with Crippen molar-refractivity contribution in [2.24, 2.45) is 0 Å². The second kappa shape index (κ2) is 7.95. The Balaban J connectivity index is 1.47. The molecule has 1 amide bonds. The highest BCUT2D eigenvalue weighted by molar-refractivity contribution is 6.43. The molecule has 0 radical (unpaired) electrons. The predicted molar refractivity (Wildman–Crippen MR) is 98.9 cm³/mol. The Hall–Kier alpha value is -1.95. The molecule has 0 bridgehead atoms. The molecule has 0 atom stereocenters. The number of fused-ring (bicyclic) bond motifs is 1. The van der Waals surface area contributed by atoms with Crippen molar-refractivity contribution >= 4 is 46.4 Å². The van der Waals surface area contributed by atoms with Gasteiger partial charge in [0.15, 0.2) is 6.61 Å². The summed E-state index contributed by atoms with van der Waals surface area (Å²) in [6, 6.07) is 8.75. The largest absolute Gasteiger partial charge is 0.482 e. The van der Waals surface area contributed by atoms with Gasteiger partial charge in [0.1, 0.15) is 11.4 Å². The smallest absolute Gasteiger partial charge is 0.257 e. The molecule has 0 aliphatic rings. The van der Waals surface area contributed by atoms with Gasteiger partial charge in [-0.1, -0.05) is 40.9 Å². The first-order valence-electron chi connectivity index (χ1n) is 7.49. The molecule has 0 spiro atoms. The topological polar surface area (TPSA) is 55.6 Å². The van der Waals surface area contributed by atoms with Crippen LogP contribution in [0.15, 0.2) is 42.7 Å². The van der Waals surface area contributed by atoms with E-state index in [1.165, 1.54) is 12.1 Å². The molecule has 0 saturated heterocycles. The van der Waals surface area contributed by atoms with Crippen molar-refractivity contribution in [3.05, 3.63) is 63.5 Å². The number of nitrogens with one attached hydrogen (secondary N) is 1. The van der Waals surface area contributed by atoms with E-state index in [9.17, 15) is 4.79 Å². The van der Waals surface area contributed by atoms with Crippen molar-refractivity contribution in [1.82, 2.24) is 14.7 Å². The predicted octanol–water partition coefficient (Wildman–Crippen LogP) is 4.03. The zero-order valence-corrected chi connectivity index (χ0v) is 15.3. The first-order chi connectivity index (χ1) is 12.0. The molecular weight excluding hydrogens is 385 g/mol. The van der Waals surface area contributed by atoms with Crippen molar-refractivity contribution < 1.29 is 9.53 Å². The van der Waals surface area contributed by atoms with E-state index in [0.29, 0.717) is 33.8 Å². The van der Waals surface area contributed by atoms with E-state index in [4.69, 9.17) is 39.5 Å². The van der Waals surface area contributed by atoms with E-state index in [1.807, 2.05) is 35.0 Å². The van der Waals surface area contributed by atoms with Crippen molar-refractivity contribution in [3.8, 4) is 5.75 Å². The summed E-state index contributed by atoms with van der Waals surface area (Å²) in [5, 5.41) is 3.72. The summed E-state index contributed by atoms with van der Waals surface area (Å²) < 4.78 is 7.32. The van der Waals surface area contributed by atoms with E-state index in [0.717, 1.165) is 11.3 Å². The number of rotatable bonds is 6. The number of hydrogen-bond donors (Lipinski definition) is 1. The standard InChI is InChI=1S/C17H14Cl3N3O2/c18-12-7-14(20)15(8-13(12)19)25-10-17(24)21-5-4-11-9-23-6-2-1-3-16(23)22-11/h1-3,6-9H,4-5,10H2,(H,21,24). The molecule has 3 rings (SSSR count). The highest BCUT2D eigenvalue weighted by Gasteiger charge is 2.09. The molecule has 1 aromatic carbocycles. The first-order valence-corrected chi connectivity index (χ1v) is 8.63. The van der Waals surface area contributed by atoms with Crippen molar-refractivity contribution in [2.75, 3.05) is 13.2 Å². The molecular formula is C17H14Cl3N3O2. The normalized spacial score (nSPS) is 10.8. The Kier molecular flexibility index (Phi) is 5.68. The van der Waals surface area contributed by atoms with E-state index >= 15 is 0 Å². The monoisotopic (exact) mass is 397 g/mol. The van der Waals surface area contributed by atoms with Gasteiger partial charge in [0.2, 0.25) is 0 Å². The molecule has 3 aromatic rings. The zero-order chi connectivity index (χ0) is 17.8. The number of nitrogens with zero attached hydrogens (tertiary/aromatic N) is 2. The highest BCUT2D eigenvalue weighted by atomic mass is 35.5. The maximum Gasteiger partial charge on any atom is 0.257 e. The fourth-order valence-electron chi connectivity index (χ4n) is 2.25. The third-order valence-electron chi connectivity index (χ3n) is 3.45. The maximum absolute atomic E-state index is 11.9. The quantitative estimate of drug-likeness (QED) is 0.638. The zero-order valence-electron chi connectivity index (χ0n) is 13.0. The van der Waals surface area contributed by atoms with E-state index in [2.05, 4.69) is 10.3 Å². The Morgan fingerprint density at radius 2 is 1.96 bits per heavy atom. The molecule has 8 heteroatoms. The molecule has 0 aliphatic carbocycles. The van der Waals surface area contributed by atoms with Gasteiger partial charge in [0.25, 0.3) is 5.91 Å². The van der Waals surface area contributed by atoms with Crippen LogP contribution in [0.3, 0.4) is 0 Å². The molecule has 1 N–H and O–H groups in total. The lowest BCUT2D eigenvalue weighted by molar-refractivity contribution is -0.123. The second-order valence-electron chi connectivity index (χ2n) is 5.28. The number of carbonyl (C=O) groups is 1. The maximum atomic E-state index is 11.9. The number of benzene rings is 1. The number of ether oxygens (including phenoxy) is 1. The Morgan fingerprint density at radius 1 is 1.16 bits per heavy atom. The highest BCUT2D eigenvalue weighted by Crippen LogP contribution is 2.33. The van der Waals surface area contributed by atoms with E-state index < -0.39 is 0 Å². The van der Waals surface area contributed by atoms with Crippen LogP contribution in [0.5, 0.6) is 5.75 Å². The van der Waals surface area contributed by atoms with Gasteiger partial charge in [0, 0.05) is 31.4 Å². The number of imidazole rings is 1. The summed E-state index contributed by atoms with van der Waals surface area (Å²) in [5.74, 6) is 0.0532. The van der Waals surface area contributed by atoms with Gasteiger partial charge in [-0.3, -0.25) is 4.79 Å². The molecule has 130 valence electrons. The van der Waals surface area contributed by atoms with Gasteiger partial charge in [-0.05, 0) is 18.2 Å². The average Bonchev–Trinajstić information content (AvgIpc) is 2.99. The SMILES string of the molecule is O=C(COc1cc(Cl)c(Cl)cc1Cl)NCCc1cn2ccccc2n1. The summed E-state index contributed by atoms with van der Waals surface area (Å²) in [6.07, 6.45) is 4.49. The van der Waals surface area contributed by atoms with Gasteiger partial charge >= 0.3 is 0 Å². The summed E-state index contributed by atoms with van der Waals surface area (Å²) in [4.78, 5) is 16.3. The minimum absolute atomic E-state index is 0.164. The van der Waals surface area contributed by atoms with Gasteiger partial charge in [-0.15, -0.1) is 0 Å². The van der Waals surface area contributed by atoms with Crippen LogP contribution in [0.1, 0.15) is 5.69 Å². The summed E-state index contributed by atoms with van der Waals surface area (Å²) in [6.45, 7) is 0.296. The van der Waals surface area contributed by atoms with Crippen LogP contribution in [0.4, 0.5) is 0 Å². The molecule has 0 fully saturated rings. The van der Waals surface area contributed by atoms with Crippen molar-refractivity contribution in [1.29, 1.82) is 0 Å². The molecule has 0 unspecified atom stereocenters. The third-order valence-corrected chi connectivity index (χ3v) is 4.47. The molecule has 0 aliphatic heterocycles. The number of hydrogen-bond acceptors (Lipinski definition) is 3. The van der Waals surface area contributed by atoms with Gasteiger partial charge in [0.05, 0.1) is 20.8 Å². The van der Waals surface area contributed by atoms with Crippen LogP contribution in [0.2, 0.25) is 15.1 Å². The van der Waals surface area contributed by atoms with Gasteiger partial charge in [-0.2, -0.15) is 0 Å². The molecule has 2 aromatic heterocycles. The molecule has 2 heterocycles. The van der Waals surface area contributed by atoms with Crippen molar-refractivity contribution in [2.45, 2.75) is 6.42 Å². The van der Waals surface area contributed by atoms with Gasteiger partial charge in [-0.25, -0.2) is 4.98 Å². The summed E-state index contributed by atoms with van der Waals surface area (Å²) in [7, 11) is 0. The first kappa shape index (κ1) is 17.9. The van der Waals surface area contributed by atoms with Crippen LogP contribution in [0, 0.1) is 0 Å². The lowest BCUT2D eigenvalue weighted by atomic mass is 10.3. The summed E-state index contributed by atoms with van der Waals surface area (Å²) in [5.41, 5.74) is 1.78. The number of pyridine rings is 1. The molecule has 5 nitrogen and oxygen atoms in total. The fourth-order valence-corrected chi connectivity index (χ4v) is 2.84. The Morgan fingerprint density at radius 3 is 2.76 bits per heavy atom. The Bertz CT molecular complexity index is 878. The van der Waals surface area contributed by atoms with E-state index in [-0.39, 0.29) is 12.5 Å². The molecule has 25 heavy (non-hydrogen) atoms. The third kappa shape index (κ3) is 4.57. The molecule has 0 saturated carbocycles. The lowest BCUT2D eigenvalue weighted by Crippen LogP contribution is -2.30.